The van der Waals surface area contributed by atoms with E-state index >= 15 is 0 Å². The van der Waals surface area contributed by atoms with Gasteiger partial charge in [0.25, 0.3) is 0 Å². The molecule has 3 nitrogen and oxygen atoms in total. The van der Waals surface area contributed by atoms with E-state index in [1.807, 2.05) is 0 Å². The van der Waals surface area contributed by atoms with Gasteiger partial charge < -0.3 is 10.5 Å². The van der Waals surface area contributed by atoms with E-state index in [4.69, 9.17) is 10.5 Å². The van der Waals surface area contributed by atoms with Crippen LogP contribution in [0.25, 0.3) is 0 Å². The second kappa shape index (κ2) is 5.67. The summed E-state index contributed by atoms with van der Waals surface area (Å²) in [4.78, 5) is 1.75. The van der Waals surface area contributed by atoms with Crippen LogP contribution < -0.4 is 5.73 Å². The normalized spacial score (nSPS) is 24.9. The number of nitrogens with zero attached hydrogens (tertiary/aromatic N) is 1. The summed E-state index contributed by atoms with van der Waals surface area (Å²) in [6.45, 7) is 1.01. The molecule has 2 rings (SSSR count). The summed E-state index contributed by atoms with van der Waals surface area (Å²) < 4.78 is 57.8. The van der Waals surface area contributed by atoms with Gasteiger partial charge in [0.2, 0.25) is 0 Å². The second-order valence-electron chi connectivity index (χ2n) is 4.80. The van der Waals surface area contributed by atoms with Gasteiger partial charge in [-0.05, 0) is 24.7 Å². The summed E-state index contributed by atoms with van der Waals surface area (Å²) in [6.07, 6.45) is -5.16. The van der Waals surface area contributed by atoms with Crippen molar-refractivity contribution in [3.05, 3.63) is 35.1 Å². The Morgan fingerprint density at radius 3 is 2.70 bits per heavy atom. The number of nitrogens with two attached hydrogens (primary N) is 1. The van der Waals surface area contributed by atoms with Crippen LogP contribution in [-0.2, 0) is 10.9 Å². The summed E-state index contributed by atoms with van der Waals surface area (Å²) in [7, 11) is 1.71. The summed E-state index contributed by atoms with van der Waals surface area (Å²) in [5.41, 5.74) is 4.60. The summed E-state index contributed by atoms with van der Waals surface area (Å²) in [6, 6.07) is 2.08. The smallest absolute Gasteiger partial charge is 0.374 e. The second-order valence-corrected chi connectivity index (χ2v) is 4.80. The van der Waals surface area contributed by atoms with Gasteiger partial charge >= 0.3 is 6.18 Å². The van der Waals surface area contributed by atoms with Crippen molar-refractivity contribution in [2.75, 3.05) is 26.7 Å². The molecule has 2 unspecified atom stereocenters. The van der Waals surface area contributed by atoms with Gasteiger partial charge in [0.15, 0.2) is 0 Å². The van der Waals surface area contributed by atoms with Gasteiger partial charge in [-0.15, -0.1) is 0 Å². The van der Waals surface area contributed by atoms with Crippen LogP contribution >= 0.6 is 0 Å². The minimum atomic E-state index is -4.62. The van der Waals surface area contributed by atoms with Crippen molar-refractivity contribution in [1.82, 2.24) is 4.90 Å². The fourth-order valence-corrected chi connectivity index (χ4v) is 2.53. The van der Waals surface area contributed by atoms with Gasteiger partial charge in [-0.25, -0.2) is 4.39 Å². The highest BCUT2D eigenvalue weighted by Crippen LogP contribution is 2.39. The van der Waals surface area contributed by atoms with Gasteiger partial charge in [0, 0.05) is 13.1 Å². The quantitative estimate of drug-likeness (QED) is 0.849. The molecule has 112 valence electrons. The van der Waals surface area contributed by atoms with Crippen molar-refractivity contribution in [3.8, 4) is 0 Å². The number of morpholine rings is 1. The van der Waals surface area contributed by atoms with Crippen molar-refractivity contribution < 1.29 is 22.3 Å². The fraction of sp³-hybridized carbons (Fsp3) is 0.538. The molecule has 0 saturated carbocycles. The lowest BCUT2D eigenvalue weighted by molar-refractivity contribution is -0.140. The molecule has 2 atom stereocenters. The zero-order valence-electron chi connectivity index (χ0n) is 11.0. The number of hydrogen-bond donors (Lipinski definition) is 1. The van der Waals surface area contributed by atoms with Crippen LogP contribution in [0, 0.1) is 5.82 Å². The van der Waals surface area contributed by atoms with Crippen molar-refractivity contribution in [2.24, 2.45) is 5.73 Å². The lowest BCUT2D eigenvalue weighted by Gasteiger charge is -2.39. The summed E-state index contributed by atoms with van der Waals surface area (Å²) in [5.74, 6) is -0.912. The molecule has 20 heavy (non-hydrogen) atoms. The highest BCUT2D eigenvalue weighted by molar-refractivity contribution is 5.34. The van der Waals surface area contributed by atoms with E-state index in [1.54, 1.807) is 11.9 Å². The van der Waals surface area contributed by atoms with E-state index < -0.39 is 29.7 Å². The van der Waals surface area contributed by atoms with Crippen LogP contribution in [0.5, 0.6) is 0 Å². The molecule has 1 aromatic carbocycles. The molecule has 1 fully saturated rings. The first-order chi connectivity index (χ1) is 9.34. The van der Waals surface area contributed by atoms with Crippen LogP contribution in [0.4, 0.5) is 17.6 Å². The highest BCUT2D eigenvalue weighted by atomic mass is 19.4. The van der Waals surface area contributed by atoms with Crippen molar-refractivity contribution in [3.63, 3.8) is 0 Å². The Labute approximate surface area is 114 Å². The van der Waals surface area contributed by atoms with Crippen molar-refractivity contribution in [1.29, 1.82) is 0 Å². The Morgan fingerprint density at radius 1 is 1.40 bits per heavy atom. The topological polar surface area (TPSA) is 38.5 Å². The van der Waals surface area contributed by atoms with Gasteiger partial charge in [-0.3, -0.25) is 4.90 Å². The van der Waals surface area contributed by atoms with Gasteiger partial charge in [0.1, 0.15) is 5.82 Å². The molecule has 1 saturated heterocycles. The molecule has 0 radical (unpaired) electrons. The molecule has 1 aliphatic rings. The third kappa shape index (κ3) is 2.94. The van der Waals surface area contributed by atoms with Crippen LogP contribution in [0.3, 0.4) is 0 Å². The maximum atomic E-state index is 13.2. The predicted octanol–water partition coefficient (Wildman–Crippen LogP) is 2.17. The lowest BCUT2D eigenvalue weighted by Crippen LogP contribution is -2.47. The average Bonchev–Trinajstić information content (AvgIpc) is 2.38. The Bertz CT molecular complexity index is 478. The van der Waals surface area contributed by atoms with E-state index in [-0.39, 0.29) is 12.1 Å². The maximum Gasteiger partial charge on any atom is 0.416 e. The number of rotatable bonds is 2. The monoisotopic (exact) mass is 292 g/mol. The van der Waals surface area contributed by atoms with E-state index in [0.717, 1.165) is 12.1 Å². The molecule has 1 heterocycles. The number of alkyl halides is 3. The lowest BCUT2D eigenvalue weighted by atomic mass is 9.93. The minimum absolute atomic E-state index is 0.00319. The molecule has 0 amide bonds. The first-order valence-corrected chi connectivity index (χ1v) is 6.23. The first-order valence-electron chi connectivity index (χ1n) is 6.23. The van der Waals surface area contributed by atoms with E-state index in [0.29, 0.717) is 19.2 Å². The number of ether oxygens (including phenoxy) is 1. The van der Waals surface area contributed by atoms with E-state index in [2.05, 4.69) is 0 Å². The Morgan fingerprint density at radius 2 is 2.10 bits per heavy atom. The summed E-state index contributed by atoms with van der Waals surface area (Å²) >= 11 is 0. The number of halogens is 4. The average molecular weight is 292 g/mol. The number of benzene rings is 1. The standard InChI is InChI=1S/C13H16F4N2O/c1-19-4-5-20-11(7-18)12(19)9-3-2-8(14)6-10(9)13(15,16)17/h2-3,6,11-12H,4-5,7,18H2,1H3. The Balaban J connectivity index is 2.49. The van der Waals surface area contributed by atoms with Crippen LogP contribution in [-0.4, -0.2) is 37.7 Å². The van der Waals surface area contributed by atoms with Crippen LogP contribution in [0.1, 0.15) is 17.2 Å². The number of hydrogen-bond acceptors (Lipinski definition) is 3. The fourth-order valence-electron chi connectivity index (χ4n) is 2.53. The molecule has 7 heteroatoms. The van der Waals surface area contributed by atoms with Gasteiger partial charge in [-0.2, -0.15) is 13.2 Å². The molecular formula is C13H16F4N2O. The summed E-state index contributed by atoms with van der Waals surface area (Å²) in [5, 5.41) is 0. The molecule has 1 aliphatic heterocycles. The molecule has 0 aromatic heterocycles. The first kappa shape index (κ1) is 15.2. The van der Waals surface area contributed by atoms with Gasteiger partial charge in [0.05, 0.1) is 24.3 Å². The van der Waals surface area contributed by atoms with E-state index in [9.17, 15) is 17.6 Å². The van der Waals surface area contributed by atoms with Gasteiger partial charge in [-0.1, -0.05) is 6.07 Å². The minimum Gasteiger partial charge on any atom is -0.374 e. The van der Waals surface area contributed by atoms with Crippen molar-refractivity contribution >= 4 is 0 Å². The molecule has 2 N–H and O–H groups in total. The largest absolute Gasteiger partial charge is 0.416 e. The number of likely N-dealkylation sites (N-methyl/N-ethyl adjacent to an activating group) is 1. The van der Waals surface area contributed by atoms with Crippen LogP contribution in [0.15, 0.2) is 18.2 Å². The highest BCUT2D eigenvalue weighted by Gasteiger charge is 2.40. The SMILES string of the molecule is CN1CCOC(CN)C1c1ccc(F)cc1C(F)(F)F. The molecular weight excluding hydrogens is 276 g/mol. The molecule has 0 aliphatic carbocycles. The Hall–Kier alpha value is -1.18. The molecule has 0 bridgehead atoms. The zero-order valence-corrected chi connectivity index (χ0v) is 11.0. The third-order valence-corrected chi connectivity index (χ3v) is 3.47. The molecule has 0 spiro atoms. The zero-order chi connectivity index (χ0) is 14.9. The van der Waals surface area contributed by atoms with E-state index in [1.165, 1.54) is 0 Å². The molecule has 1 aromatic rings. The third-order valence-electron chi connectivity index (χ3n) is 3.47. The van der Waals surface area contributed by atoms with Crippen molar-refractivity contribution in [2.45, 2.75) is 18.3 Å². The Kier molecular flexibility index (Phi) is 4.31. The van der Waals surface area contributed by atoms with Crippen LogP contribution in [0.2, 0.25) is 0 Å². The predicted molar refractivity (Wildman–Crippen MR) is 65.6 cm³/mol. The maximum absolute atomic E-state index is 13.2.